The maximum absolute atomic E-state index is 10.0. The Morgan fingerprint density at radius 3 is 1.08 bits per heavy atom. The van der Waals surface area contributed by atoms with E-state index in [1.54, 1.807) is 14.2 Å². The number of rotatable bonds is 29. The lowest BCUT2D eigenvalue weighted by Crippen LogP contribution is -2.13. The Morgan fingerprint density at radius 1 is 0.396 bits per heavy atom. The fourth-order valence-electron chi connectivity index (χ4n) is 1.92. The maximum Gasteiger partial charge on any atom is 0.329 e. The number of carbonyl (C=O) groups is 3. The van der Waals surface area contributed by atoms with Crippen LogP contribution in [0.1, 0.15) is 25.7 Å². The smallest absolute Gasteiger partial charge is 0.329 e. The van der Waals surface area contributed by atoms with E-state index < -0.39 is 17.9 Å². The Hall–Kier alpha value is -2.23. The van der Waals surface area contributed by atoms with Crippen LogP contribution >= 0.6 is 0 Å². The highest BCUT2D eigenvalue weighted by Gasteiger charge is 1.96. The van der Waals surface area contributed by atoms with Crippen molar-refractivity contribution in [3.63, 3.8) is 0 Å². The van der Waals surface area contributed by atoms with E-state index in [1.165, 1.54) is 7.11 Å². The molecule has 22 heteroatoms. The fourth-order valence-corrected chi connectivity index (χ4v) is 1.92. The summed E-state index contributed by atoms with van der Waals surface area (Å²) in [6, 6.07) is 0. The summed E-state index contributed by atoms with van der Waals surface area (Å²) in [7, 11) is 4.73. The van der Waals surface area contributed by atoms with Gasteiger partial charge < -0.3 is 95.9 Å². The number of carboxylic acid groups (broad SMARTS) is 3. The number of carboxylic acids is 3. The molecule has 0 spiro atoms. The van der Waals surface area contributed by atoms with Gasteiger partial charge in [0.1, 0.15) is 6.61 Å². The number of hydrogen-bond acceptors (Lipinski definition) is 19. The maximum atomic E-state index is 10.0. The van der Waals surface area contributed by atoms with Gasteiger partial charge in [-0.15, -0.1) is 0 Å². The number of unbranched alkanes of at least 4 members (excludes halogenated alkanes) is 1. The van der Waals surface area contributed by atoms with E-state index in [0.717, 1.165) is 0 Å². The predicted molar refractivity (Wildman–Crippen MR) is 194 cm³/mol. The summed E-state index contributed by atoms with van der Waals surface area (Å²) >= 11 is 0. The van der Waals surface area contributed by atoms with Crippen LogP contribution in [0, 0.1) is 0 Å². The first-order valence-corrected chi connectivity index (χ1v) is 16.6. The SMILES string of the molecule is COCCO.COCCOCC(=O)O.COCCOCCN.NCCOCCO.NCCOCCOCCC(=O)O.O=C(O)CCCCO.OCCO. The summed E-state index contributed by atoms with van der Waals surface area (Å²) in [5.41, 5.74) is 15.4. The Kier molecular flexibility index (Phi) is 92.7. The number of nitrogens with two attached hydrogens (primary N) is 3. The molecule has 0 amide bonds. The molecule has 53 heavy (non-hydrogen) atoms. The number of aliphatic carboxylic acids is 3. The van der Waals surface area contributed by atoms with Gasteiger partial charge in [0.15, 0.2) is 0 Å². The van der Waals surface area contributed by atoms with E-state index in [0.29, 0.717) is 105 Å². The number of aliphatic hydroxyl groups is 5. The predicted octanol–water partition coefficient (Wildman–Crippen LogP) is -3.42. The average molecular weight is 792 g/mol. The second kappa shape index (κ2) is 74.8. The van der Waals surface area contributed by atoms with Crippen LogP contribution in [0.5, 0.6) is 0 Å². The van der Waals surface area contributed by atoms with Crippen LogP contribution in [0.3, 0.4) is 0 Å². The van der Waals surface area contributed by atoms with Crippen molar-refractivity contribution in [2.75, 3.05) is 160 Å². The molecule has 0 aromatic heterocycles. The lowest BCUT2D eigenvalue weighted by atomic mass is 10.2. The van der Waals surface area contributed by atoms with Crippen LogP contribution in [0.4, 0.5) is 0 Å². The minimum atomic E-state index is -0.953. The summed E-state index contributed by atoms with van der Waals surface area (Å²) in [5.74, 6) is -2.59. The summed E-state index contributed by atoms with van der Waals surface area (Å²) in [4.78, 5) is 29.6. The molecule has 0 atom stereocenters. The first-order chi connectivity index (χ1) is 25.5. The molecule has 0 rings (SSSR count). The highest BCUT2D eigenvalue weighted by atomic mass is 16.5. The Labute approximate surface area is 313 Å². The second-order valence-corrected chi connectivity index (χ2v) is 8.85. The number of aliphatic hydroxyl groups excluding tert-OH is 5. The summed E-state index contributed by atoms with van der Waals surface area (Å²) < 4.78 is 38.0. The van der Waals surface area contributed by atoms with Gasteiger partial charge in [0.05, 0.1) is 112 Å². The number of methoxy groups -OCH3 is 3. The first-order valence-electron chi connectivity index (χ1n) is 16.6. The monoisotopic (exact) mass is 791 g/mol. The largest absolute Gasteiger partial charge is 0.481 e. The zero-order chi connectivity index (χ0) is 42.1. The van der Waals surface area contributed by atoms with Gasteiger partial charge in [-0.2, -0.15) is 0 Å². The van der Waals surface area contributed by atoms with Crippen molar-refractivity contribution in [1.29, 1.82) is 0 Å². The zero-order valence-corrected chi connectivity index (χ0v) is 32.0. The van der Waals surface area contributed by atoms with Gasteiger partial charge in [-0.1, -0.05) is 0 Å². The van der Waals surface area contributed by atoms with E-state index in [1.807, 2.05) is 0 Å². The van der Waals surface area contributed by atoms with Crippen LogP contribution in [-0.4, -0.2) is 219 Å². The quantitative estimate of drug-likeness (QED) is 0.0329. The highest BCUT2D eigenvalue weighted by molar-refractivity contribution is 5.68. The Balaban J connectivity index is -0.0000000953. The van der Waals surface area contributed by atoms with E-state index in [-0.39, 0.29) is 59.1 Å². The molecule has 0 heterocycles. The minimum Gasteiger partial charge on any atom is -0.481 e. The molecule has 0 radical (unpaired) electrons. The molecule has 0 saturated carbocycles. The van der Waals surface area contributed by atoms with Crippen molar-refractivity contribution in [2.45, 2.75) is 25.7 Å². The molecule has 0 aromatic carbocycles. The third-order valence-corrected chi connectivity index (χ3v) is 4.14. The van der Waals surface area contributed by atoms with Crippen molar-refractivity contribution < 1.29 is 93.1 Å². The fraction of sp³-hybridized carbons (Fsp3) is 0.903. The van der Waals surface area contributed by atoms with Crippen LogP contribution < -0.4 is 17.2 Å². The molecule has 0 bridgehead atoms. The van der Waals surface area contributed by atoms with Gasteiger partial charge in [0.25, 0.3) is 0 Å². The van der Waals surface area contributed by atoms with Gasteiger partial charge >= 0.3 is 17.9 Å². The third kappa shape index (κ3) is 128. The topological polar surface area (TPSA) is 365 Å². The van der Waals surface area contributed by atoms with E-state index in [9.17, 15) is 14.4 Å². The summed E-state index contributed by atoms with van der Waals surface area (Å²) in [6.07, 6.45) is 1.37. The Bertz CT molecular complexity index is 617. The average Bonchev–Trinajstić information content (AvgIpc) is 3.13. The van der Waals surface area contributed by atoms with E-state index in [4.69, 9.17) is 81.7 Å². The molecule has 0 aromatic rings. The number of hydrogen-bond donors (Lipinski definition) is 11. The van der Waals surface area contributed by atoms with E-state index in [2.05, 4.69) is 14.2 Å². The second-order valence-electron chi connectivity index (χ2n) is 8.85. The summed E-state index contributed by atoms with van der Waals surface area (Å²) in [5, 5.41) is 63.8. The van der Waals surface area contributed by atoms with Crippen molar-refractivity contribution in [3.05, 3.63) is 0 Å². The van der Waals surface area contributed by atoms with Crippen molar-refractivity contribution in [2.24, 2.45) is 17.2 Å². The molecule has 0 aliphatic rings. The lowest BCUT2D eigenvalue weighted by molar-refractivity contribution is -0.142. The molecular weight excluding hydrogens is 718 g/mol. The van der Waals surface area contributed by atoms with Crippen LogP contribution in [0.25, 0.3) is 0 Å². The van der Waals surface area contributed by atoms with Crippen LogP contribution in [0.2, 0.25) is 0 Å². The molecule has 0 aliphatic heterocycles. The Morgan fingerprint density at radius 2 is 0.774 bits per heavy atom. The van der Waals surface area contributed by atoms with Gasteiger partial charge in [-0.3, -0.25) is 9.59 Å². The third-order valence-electron chi connectivity index (χ3n) is 4.14. The van der Waals surface area contributed by atoms with Gasteiger partial charge in [-0.25, -0.2) is 4.79 Å². The standard InChI is InChI=1S/C7H15NO4.C5H13NO2.C5H10O4.C5H10O3.C4H11NO2.C3H8O2.C2H6O2/c8-2-4-12-6-5-11-3-1-7(9)10;1-7-4-5-8-3-2-6;1-8-2-3-9-4-5(6)7;6-4-2-1-3-5(7)8;5-1-3-7-4-2-6;1-5-3-2-4;3-1-2-4/h1-6,8H2,(H,9,10);2-6H2,1H3;2-4H2,1H3,(H,6,7);6H,1-4H2,(H,7,8);6H,1-5H2;4H,2-3H2,1H3;3-4H,1-2H2. The van der Waals surface area contributed by atoms with Crippen molar-refractivity contribution in [3.8, 4) is 0 Å². The molecule has 0 unspecified atom stereocenters. The number of ether oxygens (including phenoxy) is 8. The molecule has 14 N–H and O–H groups in total. The normalized spacial score (nSPS) is 9.34. The van der Waals surface area contributed by atoms with Gasteiger partial charge in [0, 0.05) is 54.0 Å². The molecular formula is C31H73N3O19. The van der Waals surface area contributed by atoms with E-state index >= 15 is 0 Å². The van der Waals surface area contributed by atoms with Crippen molar-refractivity contribution in [1.82, 2.24) is 0 Å². The molecule has 326 valence electrons. The first kappa shape index (κ1) is 65.6. The van der Waals surface area contributed by atoms with Crippen molar-refractivity contribution >= 4 is 17.9 Å². The lowest BCUT2D eigenvalue weighted by Gasteiger charge is -2.02. The minimum absolute atomic E-state index is 0.0386. The summed E-state index contributed by atoms with van der Waals surface area (Å²) in [6.45, 7) is 7.14. The molecule has 0 aliphatic carbocycles. The molecule has 22 nitrogen and oxygen atoms in total. The van der Waals surface area contributed by atoms with Gasteiger partial charge in [-0.05, 0) is 12.8 Å². The highest BCUT2D eigenvalue weighted by Crippen LogP contribution is 1.92. The zero-order valence-electron chi connectivity index (χ0n) is 32.0. The van der Waals surface area contributed by atoms with Crippen LogP contribution in [0.15, 0.2) is 0 Å². The van der Waals surface area contributed by atoms with Crippen LogP contribution in [-0.2, 0) is 52.3 Å². The van der Waals surface area contributed by atoms with Gasteiger partial charge in [0.2, 0.25) is 0 Å². The molecule has 0 fully saturated rings. The molecule has 0 saturated heterocycles.